The van der Waals surface area contributed by atoms with Gasteiger partial charge in [0.15, 0.2) is 0 Å². The number of halogens is 1. The summed E-state index contributed by atoms with van der Waals surface area (Å²) in [4.78, 5) is 28.3. The van der Waals surface area contributed by atoms with Gasteiger partial charge in [-0.15, -0.1) is 0 Å². The van der Waals surface area contributed by atoms with E-state index in [-0.39, 0.29) is 30.3 Å². The first-order chi connectivity index (χ1) is 10.5. The Labute approximate surface area is 138 Å². The van der Waals surface area contributed by atoms with Gasteiger partial charge in [-0.2, -0.15) is 0 Å². The van der Waals surface area contributed by atoms with Crippen molar-refractivity contribution in [2.75, 3.05) is 24.5 Å². The molecule has 0 bridgehead atoms. The average molecular weight is 367 g/mol. The Kier molecular flexibility index (Phi) is 4.49. The summed E-state index contributed by atoms with van der Waals surface area (Å²) in [7, 11) is 0. The van der Waals surface area contributed by atoms with Crippen molar-refractivity contribution in [1.82, 2.24) is 4.90 Å². The molecule has 1 atom stereocenters. The highest BCUT2D eigenvalue weighted by Gasteiger charge is 2.37. The topological polar surface area (TPSA) is 60.9 Å². The van der Waals surface area contributed by atoms with Crippen molar-refractivity contribution in [3.05, 3.63) is 28.7 Å². The Morgan fingerprint density at radius 1 is 1.27 bits per heavy atom. The highest BCUT2D eigenvalue weighted by atomic mass is 79.9. The highest BCUT2D eigenvalue weighted by Crippen LogP contribution is 2.28. The third-order valence-electron chi connectivity index (χ3n) is 4.37. The van der Waals surface area contributed by atoms with Gasteiger partial charge in [0.05, 0.1) is 12.0 Å². The molecule has 22 heavy (non-hydrogen) atoms. The molecule has 1 aromatic rings. The molecule has 3 rings (SSSR count). The van der Waals surface area contributed by atoms with Gasteiger partial charge in [0.2, 0.25) is 11.8 Å². The zero-order valence-electron chi connectivity index (χ0n) is 12.2. The lowest BCUT2D eigenvalue weighted by Gasteiger charge is -2.31. The number of carbonyl (C=O) groups is 2. The number of aliphatic hydroxyl groups is 1. The number of hydrogen-bond donors (Lipinski definition) is 1. The molecule has 0 spiro atoms. The van der Waals surface area contributed by atoms with E-state index in [9.17, 15) is 14.7 Å². The maximum atomic E-state index is 12.6. The zero-order valence-corrected chi connectivity index (χ0v) is 13.8. The van der Waals surface area contributed by atoms with Crippen LogP contribution in [0, 0.1) is 5.92 Å². The van der Waals surface area contributed by atoms with Gasteiger partial charge in [0.1, 0.15) is 0 Å². The van der Waals surface area contributed by atoms with E-state index in [0.717, 1.165) is 10.2 Å². The number of anilines is 1. The fraction of sp³-hybridized carbons (Fsp3) is 0.500. The molecule has 6 heteroatoms. The van der Waals surface area contributed by atoms with E-state index in [4.69, 9.17) is 0 Å². The molecular weight excluding hydrogens is 348 g/mol. The van der Waals surface area contributed by atoms with Crippen LogP contribution in [0.4, 0.5) is 5.69 Å². The maximum Gasteiger partial charge on any atom is 0.228 e. The first kappa shape index (κ1) is 15.5. The number of benzene rings is 1. The molecule has 118 valence electrons. The molecule has 5 nitrogen and oxygen atoms in total. The van der Waals surface area contributed by atoms with Gasteiger partial charge in [0, 0.05) is 36.2 Å². The van der Waals surface area contributed by atoms with Gasteiger partial charge >= 0.3 is 0 Å². The molecule has 0 aromatic heterocycles. The minimum absolute atomic E-state index is 0.00602. The second kappa shape index (κ2) is 6.38. The quantitative estimate of drug-likeness (QED) is 0.867. The third-order valence-corrected chi connectivity index (χ3v) is 4.86. The number of amides is 2. The summed E-state index contributed by atoms with van der Waals surface area (Å²) in [5, 5.41) is 9.53. The van der Waals surface area contributed by atoms with Crippen LogP contribution in [-0.2, 0) is 9.59 Å². The molecule has 0 aliphatic carbocycles. The number of rotatable bonds is 2. The summed E-state index contributed by atoms with van der Waals surface area (Å²) in [5.41, 5.74) is 0.823. The summed E-state index contributed by atoms with van der Waals surface area (Å²) in [6, 6.07) is 7.56. The van der Waals surface area contributed by atoms with E-state index in [0.29, 0.717) is 32.5 Å². The van der Waals surface area contributed by atoms with Gasteiger partial charge in [-0.05, 0) is 31.0 Å². The SMILES string of the molecule is O=C(C1CC(=O)N(c2cccc(Br)c2)C1)N1CCC(O)CC1. The number of carbonyl (C=O) groups excluding carboxylic acids is 2. The van der Waals surface area contributed by atoms with Gasteiger partial charge in [-0.1, -0.05) is 22.0 Å². The van der Waals surface area contributed by atoms with Crippen molar-refractivity contribution in [2.45, 2.75) is 25.4 Å². The lowest BCUT2D eigenvalue weighted by Crippen LogP contribution is -2.43. The van der Waals surface area contributed by atoms with Crippen LogP contribution >= 0.6 is 15.9 Å². The molecular formula is C16H19BrN2O3. The van der Waals surface area contributed by atoms with Crippen molar-refractivity contribution >= 4 is 33.4 Å². The van der Waals surface area contributed by atoms with Crippen LogP contribution in [0.25, 0.3) is 0 Å². The van der Waals surface area contributed by atoms with E-state index in [1.165, 1.54) is 0 Å². The molecule has 2 fully saturated rings. The number of piperidine rings is 1. The van der Waals surface area contributed by atoms with Gasteiger partial charge in [-0.3, -0.25) is 9.59 Å². The Hall–Kier alpha value is -1.40. The smallest absolute Gasteiger partial charge is 0.228 e. The summed E-state index contributed by atoms with van der Waals surface area (Å²) in [6.45, 7) is 1.61. The van der Waals surface area contributed by atoms with Crippen LogP contribution in [-0.4, -0.2) is 47.6 Å². The van der Waals surface area contributed by atoms with Crippen LogP contribution in [0.3, 0.4) is 0 Å². The van der Waals surface area contributed by atoms with Crippen LogP contribution in [0.5, 0.6) is 0 Å². The normalized spacial score (nSPS) is 23.2. The van der Waals surface area contributed by atoms with Crippen molar-refractivity contribution in [3.63, 3.8) is 0 Å². The highest BCUT2D eigenvalue weighted by molar-refractivity contribution is 9.10. The Morgan fingerprint density at radius 3 is 2.68 bits per heavy atom. The molecule has 1 unspecified atom stereocenters. The predicted molar refractivity (Wildman–Crippen MR) is 86.4 cm³/mol. The minimum Gasteiger partial charge on any atom is -0.393 e. The van der Waals surface area contributed by atoms with Gasteiger partial charge in [0.25, 0.3) is 0 Å². The van der Waals surface area contributed by atoms with Crippen molar-refractivity contribution in [1.29, 1.82) is 0 Å². The standard InChI is InChI=1S/C16H19BrN2O3/c17-12-2-1-3-13(9-12)19-10-11(8-15(19)21)16(22)18-6-4-14(20)5-7-18/h1-3,9,11,14,20H,4-8,10H2. The first-order valence-electron chi connectivity index (χ1n) is 7.57. The van der Waals surface area contributed by atoms with E-state index in [1.807, 2.05) is 24.3 Å². The summed E-state index contributed by atoms with van der Waals surface area (Å²) >= 11 is 3.40. The zero-order chi connectivity index (χ0) is 15.7. The monoisotopic (exact) mass is 366 g/mol. The third kappa shape index (κ3) is 3.17. The molecule has 1 N–H and O–H groups in total. The molecule has 2 saturated heterocycles. The number of hydrogen-bond acceptors (Lipinski definition) is 3. The Balaban J connectivity index is 1.68. The molecule has 2 aliphatic rings. The molecule has 1 aromatic carbocycles. The lowest BCUT2D eigenvalue weighted by molar-refractivity contribution is -0.137. The van der Waals surface area contributed by atoms with E-state index < -0.39 is 0 Å². The Bertz CT molecular complexity index is 585. The molecule has 2 amide bonds. The Morgan fingerprint density at radius 2 is 2.00 bits per heavy atom. The maximum absolute atomic E-state index is 12.6. The lowest BCUT2D eigenvalue weighted by atomic mass is 10.0. The van der Waals surface area contributed by atoms with Crippen LogP contribution < -0.4 is 4.90 Å². The van der Waals surface area contributed by atoms with Crippen molar-refractivity contribution in [3.8, 4) is 0 Å². The minimum atomic E-state index is -0.299. The van der Waals surface area contributed by atoms with Crippen LogP contribution in [0.1, 0.15) is 19.3 Å². The van der Waals surface area contributed by atoms with Crippen molar-refractivity contribution in [2.24, 2.45) is 5.92 Å². The predicted octanol–water partition coefficient (Wildman–Crippen LogP) is 1.79. The first-order valence-corrected chi connectivity index (χ1v) is 8.36. The molecule has 2 aliphatic heterocycles. The molecule has 0 radical (unpaired) electrons. The van der Waals surface area contributed by atoms with E-state index in [2.05, 4.69) is 15.9 Å². The number of likely N-dealkylation sites (tertiary alicyclic amines) is 1. The van der Waals surface area contributed by atoms with Crippen LogP contribution in [0.15, 0.2) is 28.7 Å². The number of nitrogens with zero attached hydrogens (tertiary/aromatic N) is 2. The largest absolute Gasteiger partial charge is 0.393 e. The second-order valence-electron chi connectivity index (χ2n) is 5.94. The van der Waals surface area contributed by atoms with Gasteiger partial charge in [-0.25, -0.2) is 0 Å². The van der Waals surface area contributed by atoms with Crippen LogP contribution in [0.2, 0.25) is 0 Å². The summed E-state index contributed by atoms with van der Waals surface area (Å²) in [6.07, 6.45) is 1.22. The van der Waals surface area contributed by atoms with E-state index >= 15 is 0 Å². The fourth-order valence-electron chi connectivity index (χ4n) is 3.11. The van der Waals surface area contributed by atoms with Gasteiger partial charge < -0.3 is 14.9 Å². The second-order valence-corrected chi connectivity index (χ2v) is 6.86. The summed E-state index contributed by atoms with van der Waals surface area (Å²) in [5.74, 6) is -0.243. The molecule has 0 saturated carbocycles. The fourth-order valence-corrected chi connectivity index (χ4v) is 3.50. The summed E-state index contributed by atoms with van der Waals surface area (Å²) < 4.78 is 0.914. The molecule has 2 heterocycles. The average Bonchev–Trinajstić information content (AvgIpc) is 2.89. The van der Waals surface area contributed by atoms with E-state index in [1.54, 1.807) is 9.80 Å². The van der Waals surface area contributed by atoms with Crippen molar-refractivity contribution < 1.29 is 14.7 Å². The number of aliphatic hydroxyl groups excluding tert-OH is 1.